The van der Waals surface area contributed by atoms with E-state index in [-0.39, 0.29) is 12.5 Å². The number of nitrogens with one attached hydrogen (secondary N) is 2. The van der Waals surface area contributed by atoms with Crippen molar-refractivity contribution in [2.75, 3.05) is 11.9 Å². The molecule has 0 radical (unpaired) electrons. The number of anilines is 1. The van der Waals surface area contributed by atoms with Crippen molar-refractivity contribution < 1.29 is 18.7 Å². The van der Waals surface area contributed by atoms with E-state index in [0.717, 1.165) is 5.56 Å². The van der Waals surface area contributed by atoms with Gasteiger partial charge >= 0.3 is 6.09 Å². The van der Waals surface area contributed by atoms with Crippen LogP contribution in [0.25, 0.3) is 0 Å². The minimum Gasteiger partial charge on any atom is -0.442 e. The van der Waals surface area contributed by atoms with E-state index in [4.69, 9.17) is 4.74 Å². The SMILES string of the molecule is O=C1NN=C(c2ccc(NC(=O)c3ccc(F)cc3)cc2)CO1. The van der Waals surface area contributed by atoms with Crippen LogP contribution in [-0.4, -0.2) is 24.3 Å². The Hall–Kier alpha value is -3.22. The van der Waals surface area contributed by atoms with Crippen LogP contribution in [0.2, 0.25) is 0 Å². The number of hydrogen-bond acceptors (Lipinski definition) is 4. The van der Waals surface area contributed by atoms with Crippen molar-refractivity contribution in [3.05, 3.63) is 65.5 Å². The summed E-state index contributed by atoms with van der Waals surface area (Å²) in [5, 5.41) is 6.61. The molecule has 0 bridgehead atoms. The van der Waals surface area contributed by atoms with Crippen molar-refractivity contribution in [1.29, 1.82) is 0 Å². The number of carbonyl (C=O) groups is 2. The number of hydrazone groups is 1. The van der Waals surface area contributed by atoms with Crippen LogP contribution in [0, 0.1) is 5.82 Å². The molecule has 0 aliphatic carbocycles. The molecule has 0 atom stereocenters. The molecule has 2 amide bonds. The van der Waals surface area contributed by atoms with Crippen molar-refractivity contribution >= 4 is 23.4 Å². The number of carbonyl (C=O) groups excluding carboxylic acids is 2. The molecule has 23 heavy (non-hydrogen) atoms. The van der Waals surface area contributed by atoms with Gasteiger partial charge in [-0.2, -0.15) is 5.10 Å². The molecule has 0 aromatic heterocycles. The Morgan fingerprint density at radius 3 is 2.43 bits per heavy atom. The Balaban J connectivity index is 1.69. The van der Waals surface area contributed by atoms with Gasteiger partial charge in [0.1, 0.15) is 18.1 Å². The van der Waals surface area contributed by atoms with E-state index in [0.29, 0.717) is 17.0 Å². The van der Waals surface area contributed by atoms with E-state index < -0.39 is 11.9 Å². The van der Waals surface area contributed by atoms with Gasteiger partial charge < -0.3 is 10.1 Å². The van der Waals surface area contributed by atoms with Gasteiger partial charge in [0.05, 0.1) is 0 Å². The third-order valence-corrected chi connectivity index (χ3v) is 3.20. The topological polar surface area (TPSA) is 79.8 Å². The zero-order valence-electron chi connectivity index (χ0n) is 11.9. The van der Waals surface area contributed by atoms with Crippen molar-refractivity contribution in [1.82, 2.24) is 5.43 Å². The standard InChI is InChI=1S/C16H12FN3O3/c17-12-5-1-11(2-6-12)15(21)18-13-7-3-10(4-8-13)14-9-23-16(22)20-19-14/h1-8H,9H2,(H,18,21)(H,20,22). The summed E-state index contributed by atoms with van der Waals surface area (Å²) < 4.78 is 17.7. The van der Waals surface area contributed by atoms with Gasteiger partial charge in [0.2, 0.25) is 0 Å². The quantitative estimate of drug-likeness (QED) is 0.914. The third kappa shape index (κ3) is 3.52. The van der Waals surface area contributed by atoms with Gasteiger partial charge in [-0.1, -0.05) is 12.1 Å². The summed E-state index contributed by atoms with van der Waals surface area (Å²) >= 11 is 0. The summed E-state index contributed by atoms with van der Waals surface area (Å²) in [4.78, 5) is 22.9. The number of amides is 2. The van der Waals surface area contributed by atoms with Crippen molar-refractivity contribution in [3.8, 4) is 0 Å². The molecule has 0 saturated heterocycles. The maximum atomic E-state index is 12.8. The van der Waals surface area contributed by atoms with Gasteiger partial charge in [0, 0.05) is 16.8 Å². The lowest BCUT2D eigenvalue weighted by Gasteiger charge is -2.13. The molecule has 116 valence electrons. The minimum absolute atomic E-state index is 0.0904. The number of nitrogens with zero attached hydrogens (tertiary/aromatic N) is 1. The Kier molecular flexibility index (Phi) is 4.01. The largest absolute Gasteiger partial charge is 0.442 e. The Morgan fingerprint density at radius 1 is 1.13 bits per heavy atom. The van der Waals surface area contributed by atoms with Crippen molar-refractivity contribution in [3.63, 3.8) is 0 Å². The molecule has 0 saturated carbocycles. The molecular weight excluding hydrogens is 301 g/mol. The molecular formula is C16H12FN3O3. The summed E-state index contributed by atoms with van der Waals surface area (Å²) in [6.07, 6.45) is -0.586. The minimum atomic E-state index is -0.586. The van der Waals surface area contributed by atoms with Gasteiger partial charge in [-0.3, -0.25) is 4.79 Å². The molecule has 1 aliphatic rings. The monoisotopic (exact) mass is 313 g/mol. The fourth-order valence-electron chi connectivity index (χ4n) is 2.01. The number of benzene rings is 2. The first kappa shape index (κ1) is 14.7. The summed E-state index contributed by atoms with van der Waals surface area (Å²) in [7, 11) is 0. The second-order valence-electron chi connectivity index (χ2n) is 4.78. The molecule has 7 heteroatoms. The maximum absolute atomic E-state index is 12.8. The zero-order chi connectivity index (χ0) is 16.2. The van der Waals surface area contributed by atoms with E-state index in [1.807, 2.05) is 0 Å². The second-order valence-corrected chi connectivity index (χ2v) is 4.78. The van der Waals surface area contributed by atoms with Crippen LogP contribution in [-0.2, 0) is 4.74 Å². The van der Waals surface area contributed by atoms with Crippen LogP contribution in [0.1, 0.15) is 15.9 Å². The Bertz CT molecular complexity index is 770. The van der Waals surface area contributed by atoms with Crippen LogP contribution < -0.4 is 10.7 Å². The van der Waals surface area contributed by atoms with E-state index >= 15 is 0 Å². The lowest BCUT2D eigenvalue weighted by Crippen LogP contribution is -2.30. The smallest absolute Gasteiger partial charge is 0.428 e. The summed E-state index contributed by atoms with van der Waals surface area (Å²) in [5.74, 6) is -0.725. The predicted octanol–water partition coefficient (Wildman–Crippen LogP) is 2.52. The normalized spacial score (nSPS) is 13.6. The summed E-state index contributed by atoms with van der Waals surface area (Å²) in [5.41, 5.74) is 4.53. The number of halogens is 1. The molecule has 1 aliphatic heterocycles. The molecule has 3 rings (SSSR count). The molecule has 6 nitrogen and oxygen atoms in total. The fourth-order valence-corrected chi connectivity index (χ4v) is 2.01. The lowest BCUT2D eigenvalue weighted by atomic mass is 10.1. The first-order valence-corrected chi connectivity index (χ1v) is 6.78. The third-order valence-electron chi connectivity index (χ3n) is 3.20. The van der Waals surface area contributed by atoms with Crippen molar-refractivity contribution in [2.45, 2.75) is 0 Å². The van der Waals surface area contributed by atoms with Gasteiger partial charge in [-0.05, 0) is 36.4 Å². The molecule has 2 aromatic rings. The second kappa shape index (κ2) is 6.27. The first-order valence-electron chi connectivity index (χ1n) is 6.78. The van der Waals surface area contributed by atoms with Crippen LogP contribution in [0.4, 0.5) is 14.9 Å². The summed E-state index contributed by atoms with van der Waals surface area (Å²) in [6.45, 7) is 0.0904. The average Bonchev–Trinajstić information content (AvgIpc) is 2.57. The molecule has 2 aromatic carbocycles. The van der Waals surface area contributed by atoms with E-state index in [2.05, 4.69) is 15.8 Å². The molecule has 1 heterocycles. The highest BCUT2D eigenvalue weighted by Crippen LogP contribution is 2.13. The van der Waals surface area contributed by atoms with E-state index in [9.17, 15) is 14.0 Å². The van der Waals surface area contributed by atoms with Gasteiger partial charge in [0.25, 0.3) is 5.91 Å². The van der Waals surface area contributed by atoms with Gasteiger partial charge in [0.15, 0.2) is 0 Å². The maximum Gasteiger partial charge on any atom is 0.428 e. The van der Waals surface area contributed by atoms with Crippen LogP contribution in [0.15, 0.2) is 53.6 Å². The number of cyclic esters (lactones) is 1. The number of rotatable bonds is 3. The van der Waals surface area contributed by atoms with Crippen LogP contribution in [0.5, 0.6) is 0 Å². The first-order chi connectivity index (χ1) is 11.1. The van der Waals surface area contributed by atoms with Crippen LogP contribution >= 0.6 is 0 Å². The average molecular weight is 313 g/mol. The fraction of sp³-hybridized carbons (Fsp3) is 0.0625. The summed E-state index contributed by atoms with van der Waals surface area (Å²) in [6, 6.07) is 12.2. The Morgan fingerprint density at radius 2 is 1.83 bits per heavy atom. The van der Waals surface area contributed by atoms with E-state index in [1.165, 1.54) is 24.3 Å². The number of ether oxygens (including phenoxy) is 1. The van der Waals surface area contributed by atoms with E-state index in [1.54, 1.807) is 24.3 Å². The van der Waals surface area contributed by atoms with Gasteiger partial charge in [-0.25, -0.2) is 14.6 Å². The highest BCUT2D eigenvalue weighted by molar-refractivity contribution is 6.06. The Labute approximate surface area is 131 Å². The molecule has 0 unspecified atom stereocenters. The highest BCUT2D eigenvalue weighted by Gasteiger charge is 2.14. The van der Waals surface area contributed by atoms with Crippen molar-refractivity contribution in [2.24, 2.45) is 5.10 Å². The van der Waals surface area contributed by atoms with Gasteiger partial charge in [-0.15, -0.1) is 0 Å². The predicted molar refractivity (Wildman–Crippen MR) is 81.8 cm³/mol. The zero-order valence-corrected chi connectivity index (χ0v) is 11.9. The molecule has 0 spiro atoms. The molecule has 2 N–H and O–H groups in total. The number of hydrogen-bond donors (Lipinski definition) is 2. The van der Waals surface area contributed by atoms with Crippen LogP contribution in [0.3, 0.4) is 0 Å². The lowest BCUT2D eigenvalue weighted by molar-refractivity contribution is 0.102. The highest BCUT2D eigenvalue weighted by atomic mass is 19.1. The molecule has 0 fully saturated rings.